The molecule has 0 fully saturated rings. The van der Waals surface area contributed by atoms with E-state index in [1.54, 1.807) is 14.2 Å². The van der Waals surface area contributed by atoms with Crippen molar-refractivity contribution in [2.24, 2.45) is 0 Å². The molecule has 1 N–H and O–H groups in total. The molecule has 2 aromatic carbocycles. The van der Waals surface area contributed by atoms with Crippen LogP contribution < -0.4 is 24.3 Å². The molecule has 28 heavy (non-hydrogen) atoms. The average Bonchev–Trinajstić information content (AvgIpc) is 3.11. The topological polar surface area (TPSA) is 75.3 Å². The molecule has 7 nitrogen and oxygen atoms in total. The van der Waals surface area contributed by atoms with E-state index in [-0.39, 0.29) is 18.5 Å². The van der Waals surface area contributed by atoms with Crippen LogP contribution in [0.25, 0.3) is 0 Å². The number of esters is 1. The van der Waals surface area contributed by atoms with Crippen molar-refractivity contribution in [3.8, 4) is 23.0 Å². The zero-order valence-electron chi connectivity index (χ0n) is 15.5. The zero-order chi connectivity index (χ0) is 19.3. The summed E-state index contributed by atoms with van der Waals surface area (Å²) in [6, 6.07) is 9.58. The highest BCUT2D eigenvalue weighted by Crippen LogP contribution is 2.49. The molecule has 3 heterocycles. The molecular weight excluding hydrogens is 362 g/mol. The minimum Gasteiger partial charge on any atom is -0.497 e. The number of anilines is 1. The maximum absolute atomic E-state index is 12.5. The van der Waals surface area contributed by atoms with Gasteiger partial charge in [0.15, 0.2) is 11.5 Å². The predicted molar refractivity (Wildman–Crippen MR) is 100 cm³/mol. The summed E-state index contributed by atoms with van der Waals surface area (Å²) in [6.07, 6.45) is 0. The van der Waals surface area contributed by atoms with Crippen LogP contribution in [0.4, 0.5) is 5.69 Å². The summed E-state index contributed by atoms with van der Waals surface area (Å²) < 4.78 is 27.7. The zero-order valence-corrected chi connectivity index (χ0v) is 15.5. The molecule has 0 radical (unpaired) electrons. The first-order valence-corrected chi connectivity index (χ1v) is 9.02. The van der Waals surface area contributed by atoms with Crippen molar-refractivity contribution in [1.29, 1.82) is 0 Å². The van der Waals surface area contributed by atoms with Crippen LogP contribution in [0, 0.1) is 0 Å². The van der Waals surface area contributed by atoms with Crippen molar-refractivity contribution in [1.82, 2.24) is 0 Å². The van der Waals surface area contributed by atoms with Gasteiger partial charge in [0.1, 0.15) is 25.6 Å². The number of methoxy groups -OCH3 is 2. The fraction of sp³-hybridized carbons (Fsp3) is 0.286. The highest BCUT2D eigenvalue weighted by molar-refractivity contribution is 5.97. The van der Waals surface area contributed by atoms with Gasteiger partial charge in [0.2, 0.25) is 5.75 Å². The molecule has 0 amide bonds. The monoisotopic (exact) mass is 381 g/mol. The quantitative estimate of drug-likeness (QED) is 0.820. The van der Waals surface area contributed by atoms with Crippen LogP contribution in [0.1, 0.15) is 17.0 Å². The summed E-state index contributed by atoms with van der Waals surface area (Å²) in [7, 11) is 3.22. The van der Waals surface area contributed by atoms with Crippen molar-refractivity contribution < 1.29 is 28.5 Å². The first-order valence-electron chi connectivity index (χ1n) is 9.02. The van der Waals surface area contributed by atoms with E-state index in [0.717, 1.165) is 28.3 Å². The van der Waals surface area contributed by atoms with E-state index in [4.69, 9.17) is 23.7 Å². The lowest BCUT2D eigenvalue weighted by Gasteiger charge is -2.29. The lowest BCUT2D eigenvalue weighted by Crippen LogP contribution is -2.21. The molecule has 1 unspecified atom stereocenters. The number of nitrogens with one attached hydrogen (secondary N) is 1. The number of cyclic esters (lactones) is 1. The van der Waals surface area contributed by atoms with E-state index < -0.39 is 0 Å². The molecule has 0 saturated heterocycles. The Labute approximate surface area is 161 Å². The van der Waals surface area contributed by atoms with Crippen molar-refractivity contribution in [2.75, 3.05) is 39.4 Å². The first kappa shape index (κ1) is 16.8. The van der Waals surface area contributed by atoms with Crippen LogP contribution in [0.3, 0.4) is 0 Å². The van der Waals surface area contributed by atoms with Gasteiger partial charge in [-0.15, -0.1) is 0 Å². The molecule has 0 bridgehead atoms. The van der Waals surface area contributed by atoms with E-state index in [0.29, 0.717) is 36.0 Å². The van der Waals surface area contributed by atoms with Gasteiger partial charge >= 0.3 is 5.97 Å². The molecule has 7 heteroatoms. The van der Waals surface area contributed by atoms with Gasteiger partial charge in [-0.3, -0.25) is 0 Å². The van der Waals surface area contributed by atoms with Gasteiger partial charge in [0, 0.05) is 17.7 Å². The number of hydrogen-bond acceptors (Lipinski definition) is 7. The number of benzene rings is 2. The van der Waals surface area contributed by atoms with Gasteiger partial charge in [0.25, 0.3) is 0 Å². The number of fused-ring (bicyclic) bond motifs is 2. The third-order valence-electron chi connectivity index (χ3n) is 5.22. The highest BCUT2D eigenvalue weighted by atomic mass is 16.6. The fourth-order valence-corrected chi connectivity index (χ4v) is 3.96. The van der Waals surface area contributed by atoms with Crippen molar-refractivity contribution in [2.45, 2.75) is 5.92 Å². The van der Waals surface area contributed by atoms with E-state index in [1.807, 2.05) is 30.3 Å². The molecule has 2 aromatic rings. The smallest absolute Gasteiger partial charge is 0.337 e. The Morgan fingerprint density at radius 3 is 2.71 bits per heavy atom. The molecular formula is C21H19NO6. The molecule has 0 saturated carbocycles. The van der Waals surface area contributed by atoms with Gasteiger partial charge in [-0.1, -0.05) is 6.07 Å². The third kappa shape index (κ3) is 2.46. The number of ether oxygens (including phenoxy) is 5. The Bertz CT molecular complexity index is 995. The van der Waals surface area contributed by atoms with Gasteiger partial charge in [-0.05, 0) is 29.3 Å². The van der Waals surface area contributed by atoms with Crippen LogP contribution >= 0.6 is 0 Å². The fourth-order valence-electron chi connectivity index (χ4n) is 3.96. The molecule has 0 aliphatic carbocycles. The second kappa shape index (κ2) is 6.37. The normalized spacial score (nSPS) is 19.4. The Morgan fingerprint density at radius 1 is 1.04 bits per heavy atom. The van der Waals surface area contributed by atoms with E-state index in [9.17, 15) is 4.79 Å². The van der Waals surface area contributed by atoms with Crippen LogP contribution in [0.5, 0.6) is 23.0 Å². The lowest BCUT2D eigenvalue weighted by molar-refractivity contribution is -0.136. The van der Waals surface area contributed by atoms with Crippen molar-refractivity contribution in [3.63, 3.8) is 0 Å². The van der Waals surface area contributed by atoms with Crippen LogP contribution in [-0.2, 0) is 9.53 Å². The largest absolute Gasteiger partial charge is 0.497 e. The summed E-state index contributed by atoms with van der Waals surface area (Å²) in [4.78, 5) is 12.5. The van der Waals surface area contributed by atoms with Crippen LogP contribution in [0.2, 0.25) is 0 Å². The Kier molecular flexibility index (Phi) is 3.82. The van der Waals surface area contributed by atoms with Gasteiger partial charge < -0.3 is 29.0 Å². The van der Waals surface area contributed by atoms with Crippen molar-refractivity contribution >= 4 is 11.7 Å². The number of rotatable bonds is 3. The summed E-state index contributed by atoms with van der Waals surface area (Å²) >= 11 is 0. The second-order valence-electron chi connectivity index (χ2n) is 6.73. The van der Waals surface area contributed by atoms with Crippen molar-refractivity contribution in [3.05, 3.63) is 52.7 Å². The van der Waals surface area contributed by atoms with Gasteiger partial charge in [0.05, 0.1) is 25.5 Å². The summed E-state index contributed by atoms with van der Waals surface area (Å²) in [5, 5.41) is 3.32. The van der Waals surface area contributed by atoms with Gasteiger partial charge in [-0.2, -0.15) is 0 Å². The molecule has 3 aliphatic heterocycles. The number of carbonyl (C=O) groups excluding carboxylic acids is 1. The van der Waals surface area contributed by atoms with E-state index >= 15 is 0 Å². The Balaban J connectivity index is 1.71. The summed E-state index contributed by atoms with van der Waals surface area (Å²) in [5.74, 6) is 1.89. The molecule has 0 spiro atoms. The molecule has 144 valence electrons. The SMILES string of the molecule is COc1ccc2c(c1)NC1=C(C(=O)OC1)C2c1cc(OC)c2c(c1)OCCO2. The van der Waals surface area contributed by atoms with Crippen LogP contribution in [0.15, 0.2) is 41.6 Å². The lowest BCUT2D eigenvalue weighted by atomic mass is 9.81. The minimum absolute atomic E-state index is 0.225. The summed E-state index contributed by atoms with van der Waals surface area (Å²) in [6.45, 7) is 1.17. The maximum atomic E-state index is 12.5. The number of carbonyl (C=O) groups is 1. The Hall–Kier alpha value is -3.35. The molecule has 3 aliphatic rings. The first-order chi connectivity index (χ1) is 13.7. The molecule has 0 aromatic heterocycles. The van der Waals surface area contributed by atoms with Gasteiger partial charge in [-0.25, -0.2) is 4.79 Å². The molecule has 1 atom stereocenters. The predicted octanol–water partition coefficient (Wildman–Crippen LogP) is 2.84. The highest BCUT2D eigenvalue weighted by Gasteiger charge is 2.39. The maximum Gasteiger partial charge on any atom is 0.337 e. The van der Waals surface area contributed by atoms with E-state index in [2.05, 4.69) is 5.32 Å². The number of hydrogen-bond donors (Lipinski definition) is 1. The average molecular weight is 381 g/mol. The Morgan fingerprint density at radius 2 is 1.89 bits per heavy atom. The second-order valence-corrected chi connectivity index (χ2v) is 6.73. The van der Waals surface area contributed by atoms with Crippen LogP contribution in [-0.4, -0.2) is 40.0 Å². The minimum atomic E-state index is -0.317. The van der Waals surface area contributed by atoms with E-state index in [1.165, 1.54) is 0 Å². The summed E-state index contributed by atoms with van der Waals surface area (Å²) in [5.41, 5.74) is 4.09. The molecule has 5 rings (SSSR count). The third-order valence-corrected chi connectivity index (χ3v) is 5.22. The standard InChI is InChI=1S/C21H19NO6/c1-24-12-3-4-13-14(9-12)22-15-10-28-21(23)19(15)18(13)11-7-16(25-2)20-17(8-11)26-5-6-27-20/h3-4,7-9,18,22H,5-6,10H2,1-2H3.